The Morgan fingerprint density at radius 2 is 1.61 bits per heavy atom. The quantitative estimate of drug-likeness (QED) is 0.218. The van der Waals surface area contributed by atoms with E-state index in [4.69, 9.17) is 14.2 Å². The normalized spacial score (nSPS) is 14.7. The van der Waals surface area contributed by atoms with Crippen LogP contribution in [0.4, 0.5) is 0 Å². The highest BCUT2D eigenvalue weighted by Crippen LogP contribution is 2.32. The van der Waals surface area contributed by atoms with Crippen LogP contribution in [0.1, 0.15) is 24.0 Å². The summed E-state index contributed by atoms with van der Waals surface area (Å²) in [6, 6.07) is 12.3. The lowest BCUT2D eigenvalue weighted by Gasteiger charge is -2.42. The van der Waals surface area contributed by atoms with Crippen LogP contribution < -0.4 is 4.74 Å². The number of quaternary nitrogens is 1. The molecule has 0 aromatic heterocycles. The van der Waals surface area contributed by atoms with Gasteiger partial charge in [0, 0.05) is 42.3 Å². The van der Waals surface area contributed by atoms with E-state index in [9.17, 15) is 13.6 Å². The van der Waals surface area contributed by atoms with Crippen molar-refractivity contribution in [2.24, 2.45) is 4.40 Å². The maximum atomic E-state index is 12.9. The van der Waals surface area contributed by atoms with E-state index in [1.54, 1.807) is 26.4 Å². The first-order valence-corrected chi connectivity index (χ1v) is 12.9. The Hall–Kier alpha value is -1.82. The summed E-state index contributed by atoms with van der Waals surface area (Å²) in [5.41, 5.74) is 1.73. The second kappa shape index (κ2) is 11.5. The van der Waals surface area contributed by atoms with Gasteiger partial charge in [0.1, 0.15) is 23.7 Å². The lowest BCUT2D eigenvalue weighted by molar-refractivity contribution is -0.881. The van der Waals surface area contributed by atoms with Gasteiger partial charge in [0.15, 0.2) is 0 Å². The van der Waals surface area contributed by atoms with E-state index < -0.39 is 10.0 Å². The van der Waals surface area contributed by atoms with E-state index in [1.807, 2.05) is 24.3 Å². The molecule has 0 radical (unpaired) electrons. The molecular weight excluding hydrogens is 512 g/mol. The number of sulfonamides is 1. The van der Waals surface area contributed by atoms with Crippen molar-refractivity contribution in [2.75, 3.05) is 53.7 Å². The van der Waals surface area contributed by atoms with Gasteiger partial charge >= 0.3 is 0 Å². The molecule has 180 valence electrons. The van der Waals surface area contributed by atoms with Crippen molar-refractivity contribution >= 4 is 31.7 Å². The number of benzene rings is 2. The minimum atomic E-state index is -3.78. The van der Waals surface area contributed by atoms with E-state index in [-0.39, 0.29) is 9.54 Å². The van der Waals surface area contributed by atoms with Crippen LogP contribution in [0.2, 0.25) is 0 Å². The molecule has 10 heteroatoms. The molecule has 8 nitrogen and oxygen atoms in total. The van der Waals surface area contributed by atoms with E-state index >= 15 is 0 Å². The third-order valence-electron chi connectivity index (χ3n) is 5.45. The molecule has 0 fully saturated rings. The number of methoxy groups -OCH3 is 2. The van der Waals surface area contributed by atoms with Gasteiger partial charge < -0.3 is 24.1 Å². The van der Waals surface area contributed by atoms with Gasteiger partial charge in [-0.15, -0.1) is 0 Å². The van der Waals surface area contributed by atoms with Crippen LogP contribution in [-0.2, 0) is 19.5 Å². The van der Waals surface area contributed by atoms with E-state index in [2.05, 4.69) is 20.3 Å². The SMILES string of the molecule is COCC[N+]([O-])(CCCCOc1ccc2c(c1)S(=O)(=O)N=C2c1ccc(Br)cc1)CCOC. The van der Waals surface area contributed by atoms with Crippen LogP contribution in [0, 0.1) is 5.21 Å². The summed E-state index contributed by atoms with van der Waals surface area (Å²) in [6.45, 7) is 2.39. The molecular formula is C23H29BrN2O6S. The fraction of sp³-hybridized carbons (Fsp3) is 0.435. The molecule has 1 heterocycles. The zero-order valence-electron chi connectivity index (χ0n) is 18.8. The minimum Gasteiger partial charge on any atom is -0.633 e. The zero-order chi connectivity index (χ0) is 23.9. The van der Waals surface area contributed by atoms with Gasteiger partial charge in [-0.25, -0.2) is 0 Å². The summed E-state index contributed by atoms with van der Waals surface area (Å²) in [5.74, 6) is 0.464. The Kier molecular flexibility index (Phi) is 9.02. The van der Waals surface area contributed by atoms with Crippen LogP contribution in [0.3, 0.4) is 0 Å². The first kappa shape index (κ1) is 25.8. The summed E-state index contributed by atoms with van der Waals surface area (Å²) in [7, 11) is -0.616. The average molecular weight is 541 g/mol. The molecule has 0 atom stereocenters. The topological polar surface area (TPSA) is 97.2 Å². The van der Waals surface area contributed by atoms with Crippen molar-refractivity contribution in [2.45, 2.75) is 17.7 Å². The summed E-state index contributed by atoms with van der Waals surface area (Å²) in [5, 5.41) is 12.9. The number of hydrogen-bond donors (Lipinski definition) is 0. The largest absolute Gasteiger partial charge is 0.633 e. The number of fused-ring (bicyclic) bond motifs is 1. The molecule has 2 aromatic rings. The van der Waals surface area contributed by atoms with Crippen molar-refractivity contribution in [3.8, 4) is 5.75 Å². The van der Waals surface area contributed by atoms with Gasteiger partial charge in [0.25, 0.3) is 10.0 Å². The lowest BCUT2D eigenvalue weighted by Crippen LogP contribution is -2.47. The third kappa shape index (κ3) is 6.84. The molecule has 0 amide bonds. The molecule has 1 aliphatic heterocycles. The van der Waals surface area contributed by atoms with Crippen molar-refractivity contribution in [3.63, 3.8) is 0 Å². The number of hydrogen-bond acceptors (Lipinski definition) is 6. The zero-order valence-corrected chi connectivity index (χ0v) is 21.2. The Morgan fingerprint density at radius 1 is 0.939 bits per heavy atom. The number of nitrogens with zero attached hydrogens (tertiary/aromatic N) is 2. The molecule has 1 aliphatic rings. The summed E-state index contributed by atoms with van der Waals surface area (Å²) >= 11 is 3.38. The van der Waals surface area contributed by atoms with Crippen molar-refractivity contribution < 1.29 is 27.3 Å². The van der Waals surface area contributed by atoms with Gasteiger partial charge in [0.2, 0.25) is 0 Å². The van der Waals surface area contributed by atoms with Crippen molar-refractivity contribution in [1.29, 1.82) is 0 Å². The van der Waals surface area contributed by atoms with E-state index in [1.165, 1.54) is 6.07 Å². The number of rotatable bonds is 13. The van der Waals surface area contributed by atoms with Gasteiger partial charge in [-0.1, -0.05) is 28.1 Å². The Morgan fingerprint density at radius 3 is 2.24 bits per heavy atom. The standard InChI is InChI=1S/C23H29BrN2O6S/c1-30-15-12-26(27,13-16-31-2)11-3-4-14-32-20-9-10-21-22(17-20)33(28,29)25-23(21)18-5-7-19(24)8-6-18/h5-10,17H,3-4,11-16H2,1-2H3. The van der Waals surface area contributed by atoms with Crippen LogP contribution in [0.15, 0.2) is 56.2 Å². The summed E-state index contributed by atoms with van der Waals surface area (Å²) < 4.78 is 45.6. The van der Waals surface area contributed by atoms with Crippen LogP contribution in [-0.4, -0.2) is 72.5 Å². The lowest BCUT2D eigenvalue weighted by atomic mass is 10.0. The number of unbranched alkanes of at least 4 members (excludes halogenated alkanes) is 1. The minimum absolute atomic E-state index is 0.146. The third-order valence-corrected chi connectivity index (χ3v) is 7.29. The predicted octanol–water partition coefficient (Wildman–Crippen LogP) is 3.76. The maximum absolute atomic E-state index is 12.9. The molecule has 33 heavy (non-hydrogen) atoms. The van der Waals surface area contributed by atoms with Gasteiger partial charge in [0.05, 0.1) is 32.1 Å². The smallest absolute Gasteiger partial charge is 0.283 e. The Bertz CT molecular complexity index is 1060. The monoisotopic (exact) mass is 540 g/mol. The first-order chi connectivity index (χ1) is 15.8. The maximum Gasteiger partial charge on any atom is 0.283 e. The van der Waals surface area contributed by atoms with Crippen LogP contribution in [0.5, 0.6) is 5.75 Å². The van der Waals surface area contributed by atoms with Gasteiger partial charge in [-0.3, -0.25) is 0 Å². The fourth-order valence-electron chi connectivity index (χ4n) is 3.58. The second-order valence-electron chi connectivity index (χ2n) is 7.85. The van der Waals surface area contributed by atoms with Crippen molar-refractivity contribution in [1.82, 2.24) is 0 Å². The number of ether oxygens (including phenoxy) is 3. The summed E-state index contributed by atoms with van der Waals surface area (Å²) in [4.78, 5) is 0.146. The molecule has 0 saturated carbocycles. The van der Waals surface area contributed by atoms with Crippen molar-refractivity contribution in [3.05, 3.63) is 63.3 Å². The highest BCUT2D eigenvalue weighted by Gasteiger charge is 2.30. The molecule has 3 rings (SSSR count). The number of hydroxylamine groups is 3. The van der Waals surface area contributed by atoms with Crippen LogP contribution >= 0.6 is 15.9 Å². The fourth-order valence-corrected chi connectivity index (χ4v) is 5.09. The van der Waals surface area contributed by atoms with E-state index in [0.29, 0.717) is 69.3 Å². The molecule has 0 saturated heterocycles. The van der Waals surface area contributed by atoms with E-state index in [0.717, 1.165) is 10.0 Å². The van der Waals surface area contributed by atoms with Gasteiger partial charge in [-0.2, -0.15) is 12.8 Å². The average Bonchev–Trinajstić information content (AvgIpc) is 3.07. The molecule has 2 aromatic carbocycles. The molecule has 0 aliphatic carbocycles. The highest BCUT2D eigenvalue weighted by atomic mass is 79.9. The molecule has 0 spiro atoms. The van der Waals surface area contributed by atoms with Gasteiger partial charge in [-0.05, 0) is 30.7 Å². The Labute approximate surface area is 203 Å². The first-order valence-electron chi connectivity index (χ1n) is 10.7. The van der Waals surface area contributed by atoms with Crippen LogP contribution in [0.25, 0.3) is 0 Å². The Balaban J connectivity index is 1.58. The molecule has 0 unspecified atom stereocenters. The predicted molar refractivity (Wildman–Crippen MR) is 130 cm³/mol. The number of halogens is 1. The molecule has 0 N–H and O–H groups in total. The summed E-state index contributed by atoms with van der Waals surface area (Å²) in [6.07, 6.45) is 1.35. The molecule has 0 bridgehead atoms. The second-order valence-corrected chi connectivity index (χ2v) is 10.3. The highest BCUT2D eigenvalue weighted by molar-refractivity contribution is 9.10.